The van der Waals surface area contributed by atoms with E-state index in [1.165, 1.54) is 42.6 Å². The lowest BCUT2D eigenvalue weighted by Crippen LogP contribution is -2.18. The number of carbonyl (C=O) groups excluding carboxylic acids is 1. The second-order valence-corrected chi connectivity index (χ2v) is 7.88. The minimum Gasteiger partial charge on any atom is -0.494 e. The molecule has 30 heavy (non-hydrogen) atoms. The fraction of sp³-hybridized carbons (Fsp3) is 0.0909. The molecule has 154 valence electrons. The molecule has 0 aliphatic carbocycles. The monoisotopic (exact) mass is 423 g/mol. The van der Waals surface area contributed by atoms with Crippen LogP contribution in [0, 0.1) is 0 Å². The molecule has 0 saturated carbocycles. The zero-order valence-electron chi connectivity index (χ0n) is 16.3. The molecule has 0 radical (unpaired) electrons. The summed E-state index contributed by atoms with van der Waals surface area (Å²) in [7, 11) is -3.75. The number of ether oxygens (including phenoxy) is 1. The van der Waals surface area contributed by atoms with Gasteiger partial charge in [-0.05, 0) is 61.0 Å². The molecule has 3 aromatic carbocycles. The second kappa shape index (κ2) is 9.71. The van der Waals surface area contributed by atoms with Crippen LogP contribution in [-0.2, 0) is 10.0 Å². The molecule has 3 aromatic rings. The molecule has 0 saturated heterocycles. The van der Waals surface area contributed by atoms with Crippen molar-refractivity contribution in [1.82, 2.24) is 5.43 Å². The van der Waals surface area contributed by atoms with Crippen LogP contribution in [0.4, 0.5) is 5.69 Å². The molecule has 7 nitrogen and oxygen atoms in total. The van der Waals surface area contributed by atoms with E-state index in [0.29, 0.717) is 23.6 Å². The van der Waals surface area contributed by atoms with E-state index in [4.69, 9.17) is 4.74 Å². The summed E-state index contributed by atoms with van der Waals surface area (Å²) in [5, 5.41) is 3.91. The van der Waals surface area contributed by atoms with Crippen molar-refractivity contribution in [3.63, 3.8) is 0 Å². The van der Waals surface area contributed by atoms with Gasteiger partial charge in [-0.15, -0.1) is 0 Å². The molecular weight excluding hydrogens is 402 g/mol. The fourth-order valence-electron chi connectivity index (χ4n) is 2.55. The average molecular weight is 423 g/mol. The summed E-state index contributed by atoms with van der Waals surface area (Å²) in [6.45, 7) is 2.35. The van der Waals surface area contributed by atoms with Crippen molar-refractivity contribution in [2.45, 2.75) is 11.8 Å². The molecule has 1 amide bonds. The van der Waals surface area contributed by atoms with Gasteiger partial charge in [-0.25, -0.2) is 13.8 Å². The van der Waals surface area contributed by atoms with E-state index in [1.54, 1.807) is 12.1 Å². The largest absolute Gasteiger partial charge is 0.494 e. The molecule has 0 aliphatic heterocycles. The van der Waals surface area contributed by atoms with Gasteiger partial charge in [0.15, 0.2) is 0 Å². The molecule has 0 fully saturated rings. The van der Waals surface area contributed by atoms with Crippen LogP contribution in [0.15, 0.2) is 88.9 Å². The van der Waals surface area contributed by atoms with Crippen LogP contribution in [-0.4, -0.2) is 27.1 Å². The van der Waals surface area contributed by atoms with Crippen LogP contribution >= 0.6 is 0 Å². The SMILES string of the molecule is CCOc1ccc(S(=O)(=O)Nc2ccc(C(=O)N/N=C/c3ccccc3)cc2)cc1. The first-order chi connectivity index (χ1) is 14.5. The molecule has 0 unspecified atom stereocenters. The predicted molar refractivity (Wildman–Crippen MR) is 116 cm³/mol. The highest BCUT2D eigenvalue weighted by molar-refractivity contribution is 7.92. The molecule has 0 aliphatic rings. The summed E-state index contributed by atoms with van der Waals surface area (Å²) in [4.78, 5) is 12.3. The lowest BCUT2D eigenvalue weighted by molar-refractivity contribution is 0.0955. The highest BCUT2D eigenvalue weighted by Crippen LogP contribution is 2.19. The van der Waals surface area contributed by atoms with Crippen LogP contribution in [0.5, 0.6) is 5.75 Å². The Morgan fingerprint density at radius 3 is 2.27 bits per heavy atom. The maximum Gasteiger partial charge on any atom is 0.271 e. The summed E-state index contributed by atoms with van der Waals surface area (Å²) in [5.41, 5.74) is 3.99. The van der Waals surface area contributed by atoms with Crippen molar-refractivity contribution in [2.24, 2.45) is 5.10 Å². The van der Waals surface area contributed by atoms with Crippen molar-refractivity contribution >= 4 is 27.8 Å². The number of hydrogen-bond acceptors (Lipinski definition) is 5. The summed E-state index contributed by atoms with van der Waals surface area (Å²) in [5.74, 6) is 0.199. The molecule has 0 aromatic heterocycles. The Kier molecular flexibility index (Phi) is 6.82. The second-order valence-electron chi connectivity index (χ2n) is 6.20. The van der Waals surface area contributed by atoms with E-state index >= 15 is 0 Å². The van der Waals surface area contributed by atoms with E-state index in [2.05, 4.69) is 15.2 Å². The maximum atomic E-state index is 12.5. The van der Waals surface area contributed by atoms with Gasteiger partial charge in [-0.1, -0.05) is 30.3 Å². The lowest BCUT2D eigenvalue weighted by atomic mass is 10.2. The van der Waals surface area contributed by atoms with E-state index < -0.39 is 15.9 Å². The minimum atomic E-state index is -3.75. The normalized spacial score (nSPS) is 11.2. The predicted octanol–water partition coefficient (Wildman–Crippen LogP) is 3.65. The smallest absolute Gasteiger partial charge is 0.271 e. The van der Waals surface area contributed by atoms with Gasteiger partial charge in [0.1, 0.15) is 5.75 Å². The van der Waals surface area contributed by atoms with Crippen LogP contribution in [0.25, 0.3) is 0 Å². The highest BCUT2D eigenvalue weighted by Gasteiger charge is 2.14. The van der Waals surface area contributed by atoms with E-state index in [9.17, 15) is 13.2 Å². The minimum absolute atomic E-state index is 0.114. The number of benzene rings is 3. The maximum absolute atomic E-state index is 12.5. The van der Waals surface area contributed by atoms with Gasteiger partial charge in [-0.3, -0.25) is 9.52 Å². The molecule has 0 heterocycles. The summed E-state index contributed by atoms with van der Waals surface area (Å²) < 4.78 is 32.8. The molecule has 2 N–H and O–H groups in total. The molecule has 0 atom stereocenters. The number of hydrazone groups is 1. The standard InChI is InChI=1S/C22H21N3O4S/c1-2-29-20-12-14-21(15-13-20)30(27,28)25-19-10-8-18(9-11-19)22(26)24-23-16-17-6-4-3-5-7-17/h3-16,25H,2H2,1H3,(H,24,26)/b23-16+. The van der Waals surface area contributed by atoms with E-state index in [1.807, 2.05) is 37.3 Å². The van der Waals surface area contributed by atoms with E-state index in [-0.39, 0.29) is 4.90 Å². The number of nitrogens with zero attached hydrogens (tertiary/aromatic N) is 1. The quantitative estimate of drug-likeness (QED) is 0.427. The summed E-state index contributed by atoms with van der Waals surface area (Å²) in [6, 6.07) is 21.6. The van der Waals surface area contributed by atoms with Gasteiger partial charge in [0.05, 0.1) is 17.7 Å². The third kappa shape index (κ3) is 5.68. The van der Waals surface area contributed by atoms with Gasteiger partial charge in [-0.2, -0.15) is 5.10 Å². The number of rotatable bonds is 8. The van der Waals surface area contributed by atoms with Gasteiger partial charge in [0, 0.05) is 11.3 Å². The topological polar surface area (TPSA) is 96.9 Å². The van der Waals surface area contributed by atoms with Crippen molar-refractivity contribution < 1.29 is 17.9 Å². The van der Waals surface area contributed by atoms with Crippen LogP contribution < -0.4 is 14.9 Å². The molecule has 8 heteroatoms. The molecule has 0 spiro atoms. The number of hydrogen-bond donors (Lipinski definition) is 2. The molecule has 3 rings (SSSR count). The Labute approximate surface area is 175 Å². The van der Waals surface area contributed by atoms with Crippen molar-refractivity contribution in [3.8, 4) is 5.75 Å². The van der Waals surface area contributed by atoms with Crippen molar-refractivity contribution in [2.75, 3.05) is 11.3 Å². The van der Waals surface area contributed by atoms with Crippen LogP contribution in [0.3, 0.4) is 0 Å². The van der Waals surface area contributed by atoms with Crippen molar-refractivity contribution in [3.05, 3.63) is 90.0 Å². The number of anilines is 1. The number of carbonyl (C=O) groups is 1. The first-order valence-electron chi connectivity index (χ1n) is 9.22. The Morgan fingerprint density at radius 2 is 1.63 bits per heavy atom. The van der Waals surface area contributed by atoms with Gasteiger partial charge < -0.3 is 4.74 Å². The molecule has 0 bridgehead atoms. The Hall–Kier alpha value is -3.65. The summed E-state index contributed by atoms with van der Waals surface area (Å²) >= 11 is 0. The highest BCUT2D eigenvalue weighted by atomic mass is 32.2. The summed E-state index contributed by atoms with van der Waals surface area (Å²) in [6.07, 6.45) is 1.54. The zero-order chi connectivity index (χ0) is 21.4. The van der Waals surface area contributed by atoms with Gasteiger partial charge in [0.25, 0.3) is 15.9 Å². The molecular formula is C22H21N3O4S. The first-order valence-corrected chi connectivity index (χ1v) is 10.7. The average Bonchev–Trinajstić information content (AvgIpc) is 2.75. The number of amides is 1. The Bertz CT molecular complexity index is 1110. The Morgan fingerprint density at radius 1 is 0.967 bits per heavy atom. The lowest BCUT2D eigenvalue weighted by Gasteiger charge is -2.09. The van der Waals surface area contributed by atoms with Gasteiger partial charge in [0.2, 0.25) is 0 Å². The third-order valence-corrected chi connectivity index (χ3v) is 5.42. The fourth-order valence-corrected chi connectivity index (χ4v) is 3.61. The van der Waals surface area contributed by atoms with Crippen molar-refractivity contribution in [1.29, 1.82) is 0 Å². The van der Waals surface area contributed by atoms with Crippen LogP contribution in [0.1, 0.15) is 22.8 Å². The number of nitrogens with one attached hydrogen (secondary N) is 2. The van der Waals surface area contributed by atoms with Gasteiger partial charge >= 0.3 is 0 Å². The Balaban J connectivity index is 1.62. The zero-order valence-corrected chi connectivity index (χ0v) is 17.1. The first kappa shape index (κ1) is 21.1. The number of sulfonamides is 1. The third-order valence-electron chi connectivity index (χ3n) is 4.02. The van der Waals surface area contributed by atoms with E-state index in [0.717, 1.165) is 5.56 Å². The van der Waals surface area contributed by atoms with Crippen LogP contribution in [0.2, 0.25) is 0 Å².